The Morgan fingerprint density at radius 2 is 2.21 bits per heavy atom. The highest BCUT2D eigenvalue weighted by atomic mass is 35.5. The van der Waals surface area contributed by atoms with E-state index in [2.05, 4.69) is 20.3 Å². The molecule has 0 atom stereocenters. The first-order valence-electron chi connectivity index (χ1n) is 4.09. The summed E-state index contributed by atoms with van der Waals surface area (Å²) in [6.07, 6.45) is 0.526. The van der Waals surface area contributed by atoms with Gasteiger partial charge in [0.1, 0.15) is 0 Å². The molecule has 1 heterocycles. The fourth-order valence-corrected chi connectivity index (χ4v) is 0.889. The Kier molecular flexibility index (Phi) is 4.34. The third-order valence-corrected chi connectivity index (χ3v) is 1.51. The highest BCUT2D eigenvalue weighted by Gasteiger charge is 2.03. The summed E-state index contributed by atoms with van der Waals surface area (Å²) >= 11 is 5.61. The summed E-state index contributed by atoms with van der Waals surface area (Å²) in [5.41, 5.74) is 0. The summed E-state index contributed by atoms with van der Waals surface area (Å²) in [4.78, 5) is 11.4. The molecule has 0 unspecified atom stereocenters. The molecule has 14 heavy (non-hydrogen) atoms. The maximum absolute atomic E-state index is 8.53. The Morgan fingerprint density at radius 3 is 2.86 bits per heavy atom. The van der Waals surface area contributed by atoms with Crippen LogP contribution < -0.4 is 10.1 Å². The number of aliphatic hydroxyl groups excluding tert-OH is 1. The molecule has 0 spiro atoms. The average molecular weight is 219 g/mol. The van der Waals surface area contributed by atoms with Crippen LogP contribution in [-0.4, -0.2) is 40.3 Å². The van der Waals surface area contributed by atoms with E-state index in [9.17, 15) is 0 Å². The molecule has 1 aromatic heterocycles. The van der Waals surface area contributed by atoms with Crippen molar-refractivity contribution in [3.63, 3.8) is 0 Å². The summed E-state index contributed by atoms with van der Waals surface area (Å²) in [6, 6.07) is 0.155. The number of aromatic nitrogens is 3. The molecule has 0 bridgehead atoms. The third kappa shape index (κ3) is 3.31. The lowest BCUT2D eigenvalue weighted by Crippen LogP contribution is -2.06. The van der Waals surface area contributed by atoms with Gasteiger partial charge in [-0.25, -0.2) is 0 Å². The minimum atomic E-state index is 0.0672. The molecule has 78 valence electrons. The van der Waals surface area contributed by atoms with E-state index in [0.29, 0.717) is 19.0 Å². The number of hydrogen-bond acceptors (Lipinski definition) is 6. The Bertz CT molecular complexity index is 297. The summed E-state index contributed by atoms with van der Waals surface area (Å²) in [5, 5.41) is 11.3. The van der Waals surface area contributed by atoms with Gasteiger partial charge in [0.05, 0.1) is 6.61 Å². The van der Waals surface area contributed by atoms with Crippen molar-refractivity contribution in [3.8, 4) is 6.01 Å². The van der Waals surface area contributed by atoms with Crippen molar-refractivity contribution >= 4 is 17.5 Å². The fraction of sp³-hybridized carbons (Fsp3) is 0.571. The largest absolute Gasteiger partial charge is 0.463 e. The first-order chi connectivity index (χ1) is 6.76. The maximum atomic E-state index is 8.53. The lowest BCUT2D eigenvalue weighted by Gasteiger charge is -2.04. The molecule has 0 radical (unpaired) electrons. The van der Waals surface area contributed by atoms with Gasteiger partial charge in [-0.15, -0.1) is 0 Å². The number of halogens is 1. The predicted octanol–water partition coefficient (Wildman–Crippen LogP) is 0.328. The van der Waals surface area contributed by atoms with Gasteiger partial charge in [0.15, 0.2) is 0 Å². The summed E-state index contributed by atoms with van der Waals surface area (Å²) in [6.45, 7) is 0.414. The van der Waals surface area contributed by atoms with Crippen LogP contribution in [-0.2, 0) is 0 Å². The second-order valence-corrected chi connectivity index (χ2v) is 2.72. The minimum absolute atomic E-state index is 0.0672. The van der Waals surface area contributed by atoms with Gasteiger partial charge in [-0.05, 0) is 11.6 Å². The van der Waals surface area contributed by atoms with Crippen LogP contribution in [0.2, 0.25) is 5.28 Å². The fourth-order valence-electron chi connectivity index (χ4n) is 0.736. The van der Waals surface area contributed by atoms with Crippen molar-refractivity contribution in [1.29, 1.82) is 0 Å². The molecule has 0 aromatic carbocycles. The molecule has 0 saturated heterocycles. The highest BCUT2D eigenvalue weighted by molar-refractivity contribution is 6.28. The van der Waals surface area contributed by atoms with Crippen molar-refractivity contribution in [2.45, 2.75) is 6.42 Å². The summed E-state index contributed by atoms with van der Waals surface area (Å²) in [5.74, 6) is 0.351. The van der Waals surface area contributed by atoms with Crippen LogP contribution in [0.1, 0.15) is 6.42 Å². The standard InChI is InChI=1S/C7H11ClN4O2/c1-9-6-10-5(8)11-7(12-6)14-4-2-3-13/h13H,2-4H2,1H3,(H,9,10,11,12). The van der Waals surface area contributed by atoms with Crippen LogP contribution in [0.4, 0.5) is 5.95 Å². The second kappa shape index (κ2) is 5.56. The Balaban J connectivity index is 2.62. The van der Waals surface area contributed by atoms with Crippen molar-refractivity contribution in [1.82, 2.24) is 15.0 Å². The molecule has 6 nitrogen and oxygen atoms in total. The van der Waals surface area contributed by atoms with E-state index in [1.54, 1.807) is 7.05 Å². The topological polar surface area (TPSA) is 80.2 Å². The van der Waals surface area contributed by atoms with Crippen molar-refractivity contribution < 1.29 is 9.84 Å². The van der Waals surface area contributed by atoms with E-state index in [4.69, 9.17) is 21.4 Å². The number of nitrogens with zero attached hydrogens (tertiary/aromatic N) is 3. The number of nitrogens with one attached hydrogen (secondary N) is 1. The molecule has 7 heteroatoms. The van der Waals surface area contributed by atoms with E-state index in [1.807, 2.05) is 0 Å². The zero-order valence-corrected chi connectivity index (χ0v) is 8.45. The van der Waals surface area contributed by atoms with E-state index in [-0.39, 0.29) is 17.9 Å². The van der Waals surface area contributed by atoms with Gasteiger partial charge >= 0.3 is 6.01 Å². The lowest BCUT2D eigenvalue weighted by atomic mass is 10.5. The van der Waals surface area contributed by atoms with Gasteiger partial charge in [-0.3, -0.25) is 0 Å². The van der Waals surface area contributed by atoms with E-state index >= 15 is 0 Å². The van der Waals surface area contributed by atoms with Gasteiger partial charge < -0.3 is 15.2 Å². The number of aliphatic hydroxyl groups is 1. The molecule has 1 aromatic rings. The van der Waals surface area contributed by atoms with Crippen LogP contribution in [0.15, 0.2) is 0 Å². The van der Waals surface area contributed by atoms with Gasteiger partial charge in [0.25, 0.3) is 0 Å². The quantitative estimate of drug-likeness (QED) is 0.694. The third-order valence-electron chi connectivity index (χ3n) is 1.34. The van der Waals surface area contributed by atoms with Gasteiger partial charge in [-0.1, -0.05) is 0 Å². The summed E-state index contributed by atoms with van der Waals surface area (Å²) < 4.78 is 5.12. The molecule has 0 amide bonds. The van der Waals surface area contributed by atoms with Crippen LogP contribution in [0.3, 0.4) is 0 Å². The number of anilines is 1. The molecule has 2 N–H and O–H groups in total. The Labute approximate surface area is 86.3 Å². The molecule has 1 rings (SSSR count). The number of ether oxygens (including phenoxy) is 1. The van der Waals surface area contributed by atoms with E-state index in [0.717, 1.165) is 0 Å². The van der Waals surface area contributed by atoms with Crippen LogP contribution in [0, 0.1) is 0 Å². The minimum Gasteiger partial charge on any atom is -0.463 e. The molecule has 0 aliphatic carbocycles. The van der Waals surface area contributed by atoms with Gasteiger partial charge in [0.2, 0.25) is 11.2 Å². The molecule has 0 saturated carbocycles. The molecule has 0 fully saturated rings. The van der Waals surface area contributed by atoms with Gasteiger partial charge in [-0.2, -0.15) is 15.0 Å². The number of rotatable bonds is 5. The zero-order valence-electron chi connectivity index (χ0n) is 7.70. The predicted molar refractivity (Wildman–Crippen MR) is 51.6 cm³/mol. The Morgan fingerprint density at radius 1 is 1.43 bits per heavy atom. The van der Waals surface area contributed by atoms with E-state index in [1.165, 1.54) is 0 Å². The van der Waals surface area contributed by atoms with Crippen molar-refractivity contribution in [3.05, 3.63) is 5.28 Å². The van der Waals surface area contributed by atoms with Crippen LogP contribution in [0.5, 0.6) is 6.01 Å². The van der Waals surface area contributed by atoms with Crippen molar-refractivity contribution in [2.24, 2.45) is 0 Å². The monoisotopic (exact) mass is 218 g/mol. The first-order valence-corrected chi connectivity index (χ1v) is 4.47. The van der Waals surface area contributed by atoms with Crippen molar-refractivity contribution in [2.75, 3.05) is 25.6 Å². The van der Waals surface area contributed by atoms with E-state index < -0.39 is 0 Å². The average Bonchev–Trinajstić information content (AvgIpc) is 2.17. The number of hydrogen-bond donors (Lipinski definition) is 2. The van der Waals surface area contributed by atoms with Crippen LogP contribution >= 0.6 is 11.6 Å². The van der Waals surface area contributed by atoms with Gasteiger partial charge in [0, 0.05) is 20.1 Å². The highest BCUT2D eigenvalue weighted by Crippen LogP contribution is 2.10. The Hall–Kier alpha value is -1.14. The smallest absolute Gasteiger partial charge is 0.322 e. The second-order valence-electron chi connectivity index (χ2n) is 2.39. The maximum Gasteiger partial charge on any atom is 0.322 e. The first kappa shape index (κ1) is 10.9. The lowest BCUT2D eigenvalue weighted by molar-refractivity contribution is 0.224. The SMILES string of the molecule is CNc1nc(Cl)nc(OCCCO)n1. The molecular formula is C7H11ClN4O2. The molecular weight excluding hydrogens is 208 g/mol. The normalized spacial score (nSPS) is 9.93. The summed E-state index contributed by atoms with van der Waals surface area (Å²) in [7, 11) is 1.67. The molecule has 0 aliphatic rings. The molecule has 0 aliphatic heterocycles. The zero-order chi connectivity index (χ0) is 10.4. The van der Waals surface area contributed by atoms with Crippen LogP contribution in [0.25, 0.3) is 0 Å².